The summed E-state index contributed by atoms with van der Waals surface area (Å²) in [6.07, 6.45) is 1.66. The molecule has 22 heavy (non-hydrogen) atoms. The third-order valence-corrected chi connectivity index (χ3v) is 3.82. The molecule has 1 aromatic heterocycles. The molecule has 0 amide bonds. The number of rotatable bonds is 2. The van der Waals surface area contributed by atoms with Crippen LogP contribution in [-0.4, -0.2) is 10.8 Å². The van der Waals surface area contributed by atoms with E-state index in [4.69, 9.17) is 0 Å². The summed E-state index contributed by atoms with van der Waals surface area (Å²) >= 11 is 0. The molecule has 0 saturated heterocycles. The largest absolute Gasteiger partial charge is 0.287 e. The molecule has 0 aliphatic carbocycles. The van der Waals surface area contributed by atoms with Gasteiger partial charge in [0, 0.05) is 11.8 Å². The number of ketones is 1. The van der Waals surface area contributed by atoms with Crippen LogP contribution in [0.4, 0.5) is 0 Å². The van der Waals surface area contributed by atoms with Crippen LogP contribution in [0.1, 0.15) is 68.7 Å². The van der Waals surface area contributed by atoms with E-state index in [1.54, 1.807) is 12.3 Å². The molecule has 0 radical (unpaired) electrons. The minimum atomic E-state index is -0.0165. The number of carbonyl (C=O) groups excluding carboxylic acids is 1. The van der Waals surface area contributed by atoms with Gasteiger partial charge in [-0.05, 0) is 46.2 Å². The summed E-state index contributed by atoms with van der Waals surface area (Å²) in [6.45, 7) is 13.0. The van der Waals surface area contributed by atoms with Crippen LogP contribution >= 0.6 is 0 Å². The van der Waals surface area contributed by atoms with Crippen molar-refractivity contribution >= 4 is 5.78 Å². The number of carbonyl (C=O) groups is 1. The highest BCUT2D eigenvalue weighted by molar-refractivity contribution is 6.07. The van der Waals surface area contributed by atoms with Crippen LogP contribution in [-0.2, 0) is 10.8 Å². The molecule has 0 bridgehead atoms. The monoisotopic (exact) mass is 295 g/mol. The van der Waals surface area contributed by atoms with Gasteiger partial charge >= 0.3 is 0 Å². The second-order valence-corrected chi connectivity index (χ2v) is 7.84. The summed E-state index contributed by atoms with van der Waals surface area (Å²) in [6, 6.07) is 11.7. The number of benzene rings is 1. The highest BCUT2D eigenvalue weighted by Gasteiger charge is 2.22. The number of hydrogen-bond acceptors (Lipinski definition) is 2. The zero-order chi connectivity index (χ0) is 16.5. The van der Waals surface area contributed by atoms with E-state index in [1.807, 2.05) is 24.3 Å². The number of nitrogens with zero attached hydrogens (tertiary/aromatic N) is 1. The third kappa shape index (κ3) is 3.62. The molecule has 1 aromatic carbocycles. The average Bonchev–Trinajstić information content (AvgIpc) is 2.45. The smallest absolute Gasteiger partial charge is 0.211 e. The Morgan fingerprint density at radius 2 is 1.41 bits per heavy atom. The van der Waals surface area contributed by atoms with Gasteiger partial charge in [-0.2, -0.15) is 0 Å². The topological polar surface area (TPSA) is 30.0 Å². The predicted molar refractivity (Wildman–Crippen MR) is 91.5 cm³/mol. The summed E-state index contributed by atoms with van der Waals surface area (Å²) in [5.41, 5.74) is 3.57. The molecule has 0 N–H and O–H groups in total. The molecular weight excluding hydrogens is 270 g/mol. The molecule has 116 valence electrons. The van der Waals surface area contributed by atoms with Gasteiger partial charge in [-0.1, -0.05) is 53.7 Å². The van der Waals surface area contributed by atoms with Gasteiger partial charge in [0.2, 0.25) is 5.78 Å². The highest BCUT2D eigenvalue weighted by atomic mass is 16.1. The lowest BCUT2D eigenvalue weighted by molar-refractivity contribution is 0.103. The quantitative estimate of drug-likeness (QED) is 0.737. The van der Waals surface area contributed by atoms with E-state index in [9.17, 15) is 4.79 Å². The fourth-order valence-corrected chi connectivity index (χ4v) is 2.27. The maximum absolute atomic E-state index is 12.7. The van der Waals surface area contributed by atoms with Crippen molar-refractivity contribution in [3.8, 4) is 0 Å². The Labute approximate surface area is 133 Å². The van der Waals surface area contributed by atoms with Gasteiger partial charge in [0.15, 0.2) is 0 Å². The Balaban J connectivity index is 2.58. The second kappa shape index (κ2) is 5.68. The predicted octanol–water partition coefficient (Wildman–Crippen LogP) is 4.91. The first-order valence-electron chi connectivity index (χ1n) is 7.71. The second-order valence-electron chi connectivity index (χ2n) is 7.84. The van der Waals surface area contributed by atoms with Crippen molar-refractivity contribution in [2.75, 3.05) is 0 Å². The van der Waals surface area contributed by atoms with E-state index in [1.165, 1.54) is 11.1 Å². The van der Waals surface area contributed by atoms with Crippen LogP contribution in [0, 0.1) is 0 Å². The molecular formula is C20H25NO. The molecule has 2 rings (SSSR count). The Morgan fingerprint density at radius 3 is 1.82 bits per heavy atom. The van der Waals surface area contributed by atoms with E-state index in [0.29, 0.717) is 5.69 Å². The lowest BCUT2D eigenvalue weighted by atomic mass is 9.79. The zero-order valence-electron chi connectivity index (χ0n) is 14.4. The fraction of sp³-hybridized carbons (Fsp3) is 0.400. The lowest BCUT2D eigenvalue weighted by Crippen LogP contribution is -2.18. The molecule has 2 nitrogen and oxygen atoms in total. The van der Waals surface area contributed by atoms with Crippen LogP contribution in [0.15, 0.2) is 42.6 Å². The molecule has 0 unspecified atom stereocenters. The number of hydrogen-bond donors (Lipinski definition) is 0. The van der Waals surface area contributed by atoms with Crippen LogP contribution in [0.3, 0.4) is 0 Å². The first kappa shape index (κ1) is 16.4. The number of pyridine rings is 1. The summed E-state index contributed by atoms with van der Waals surface area (Å²) in [5, 5.41) is 0. The van der Waals surface area contributed by atoms with Crippen molar-refractivity contribution < 1.29 is 4.79 Å². The normalized spacial score (nSPS) is 12.3. The minimum absolute atomic E-state index is 0.000403. The standard InChI is InChI=1S/C20H25NO/c1-19(2,3)15-11-14(12-16(13-15)20(4,5)6)18(22)17-9-7-8-10-21-17/h7-13H,1-6H3. The van der Waals surface area contributed by atoms with E-state index in [-0.39, 0.29) is 16.6 Å². The molecule has 1 heterocycles. The van der Waals surface area contributed by atoms with E-state index < -0.39 is 0 Å². The van der Waals surface area contributed by atoms with Gasteiger partial charge in [0.1, 0.15) is 5.69 Å². The Hall–Kier alpha value is -1.96. The molecule has 0 spiro atoms. The fourth-order valence-electron chi connectivity index (χ4n) is 2.27. The van der Waals surface area contributed by atoms with Gasteiger partial charge in [0.25, 0.3) is 0 Å². The summed E-state index contributed by atoms with van der Waals surface area (Å²) < 4.78 is 0. The van der Waals surface area contributed by atoms with Crippen molar-refractivity contribution in [2.45, 2.75) is 52.4 Å². The molecule has 2 heteroatoms. The van der Waals surface area contributed by atoms with Gasteiger partial charge in [0.05, 0.1) is 0 Å². The molecule has 0 fully saturated rings. The van der Waals surface area contributed by atoms with E-state index in [2.05, 4.69) is 52.6 Å². The summed E-state index contributed by atoms with van der Waals surface area (Å²) in [4.78, 5) is 16.9. The van der Waals surface area contributed by atoms with Crippen LogP contribution < -0.4 is 0 Å². The average molecular weight is 295 g/mol. The van der Waals surface area contributed by atoms with Crippen molar-refractivity contribution in [1.29, 1.82) is 0 Å². The first-order chi connectivity index (χ1) is 10.1. The highest BCUT2D eigenvalue weighted by Crippen LogP contribution is 2.30. The maximum Gasteiger partial charge on any atom is 0.211 e. The van der Waals surface area contributed by atoms with Crippen molar-refractivity contribution in [1.82, 2.24) is 4.98 Å². The molecule has 0 aliphatic heterocycles. The van der Waals surface area contributed by atoms with Gasteiger partial charge in [-0.15, -0.1) is 0 Å². The van der Waals surface area contributed by atoms with Crippen molar-refractivity contribution in [3.63, 3.8) is 0 Å². The van der Waals surface area contributed by atoms with Crippen LogP contribution in [0.25, 0.3) is 0 Å². The van der Waals surface area contributed by atoms with Crippen LogP contribution in [0.2, 0.25) is 0 Å². The molecule has 0 aliphatic rings. The van der Waals surface area contributed by atoms with Gasteiger partial charge in [-0.3, -0.25) is 9.78 Å². The van der Waals surface area contributed by atoms with Gasteiger partial charge in [-0.25, -0.2) is 0 Å². The summed E-state index contributed by atoms with van der Waals surface area (Å²) in [5.74, 6) is -0.0165. The first-order valence-corrected chi connectivity index (χ1v) is 7.71. The molecule has 0 saturated carbocycles. The minimum Gasteiger partial charge on any atom is -0.287 e. The third-order valence-electron chi connectivity index (χ3n) is 3.82. The zero-order valence-corrected chi connectivity index (χ0v) is 14.4. The maximum atomic E-state index is 12.7. The van der Waals surface area contributed by atoms with E-state index in [0.717, 1.165) is 5.56 Å². The lowest BCUT2D eigenvalue weighted by Gasteiger charge is -2.26. The number of aromatic nitrogens is 1. The summed E-state index contributed by atoms with van der Waals surface area (Å²) in [7, 11) is 0. The van der Waals surface area contributed by atoms with Crippen molar-refractivity contribution in [2.24, 2.45) is 0 Å². The Morgan fingerprint density at radius 1 is 0.864 bits per heavy atom. The van der Waals surface area contributed by atoms with Crippen LogP contribution in [0.5, 0.6) is 0 Å². The molecule has 2 aromatic rings. The molecule has 0 atom stereocenters. The van der Waals surface area contributed by atoms with Gasteiger partial charge < -0.3 is 0 Å². The SMILES string of the molecule is CC(C)(C)c1cc(C(=O)c2ccccn2)cc(C(C)(C)C)c1. The van der Waals surface area contributed by atoms with E-state index >= 15 is 0 Å². The van der Waals surface area contributed by atoms with Crippen molar-refractivity contribution in [3.05, 3.63) is 65.0 Å². The Kier molecular flexibility index (Phi) is 4.23. The Bertz CT molecular complexity index is 641.